The van der Waals surface area contributed by atoms with E-state index in [0.29, 0.717) is 18.7 Å². The fourth-order valence-electron chi connectivity index (χ4n) is 4.72. The Kier molecular flexibility index (Phi) is 5.36. The summed E-state index contributed by atoms with van der Waals surface area (Å²) in [5.74, 6) is 0.0481. The van der Waals surface area contributed by atoms with Crippen LogP contribution in [0.25, 0.3) is 16.9 Å². The van der Waals surface area contributed by atoms with E-state index in [2.05, 4.69) is 16.3 Å². The first kappa shape index (κ1) is 20.6. The number of nitrogens with zero attached hydrogens (tertiary/aromatic N) is 5. The number of nitro groups is 1. The first-order chi connectivity index (χ1) is 15.5. The average molecular weight is 435 g/mol. The van der Waals surface area contributed by atoms with Gasteiger partial charge >= 0.3 is 0 Å². The zero-order chi connectivity index (χ0) is 22.2. The lowest BCUT2D eigenvalue weighted by atomic mass is 10.0. The van der Waals surface area contributed by atoms with Crippen LogP contribution in [0.5, 0.6) is 0 Å². The first-order valence-corrected chi connectivity index (χ1v) is 11.0. The number of benzene rings is 1. The summed E-state index contributed by atoms with van der Waals surface area (Å²) in [7, 11) is 0. The molecule has 9 nitrogen and oxygen atoms in total. The maximum absolute atomic E-state index is 11.9. The average Bonchev–Trinajstić information content (AvgIpc) is 3.26. The van der Waals surface area contributed by atoms with Crippen LogP contribution in [0.3, 0.4) is 0 Å². The minimum Gasteiger partial charge on any atom is -0.315 e. The largest absolute Gasteiger partial charge is 0.315 e. The van der Waals surface area contributed by atoms with Crippen molar-refractivity contribution in [3.05, 3.63) is 57.9 Å². The maximum Gasteiger partial charge on any atom is 0.286 e. The maximum atomic E-state index is 11.9. The highest BCUT2D eigenvalue weighted by atomic mass is 16.6. The van der Waals surface area contributed by atoms with Gasteiger partial charge in [-0.1, -0.05) is 6.07 Å². The molecular formula is C23H26N6O3. The lowest BCUT2D eigenvalue weighted by Gasteiger charge is -2.20. The van der Waals surface area contributed by atoms with Crippen molar-refractivity contribution in [2.24, 2.45) is 0 Å². The third-order valence-electron chi connectivity index (χ3n) is 6.35. The fraction of sp³-hybridized carbons (Fsp3) is 0.391. The molecule has 0 spiro atoms. The Morgan fingerprint density at radius 2 is 2.06 bits per heavy atom. The quantitative estimate of drug-likeness (QED) is 0.501. The summed E-state index contributed by atoms with van der Waals surface area (Å²) in [4.78, 5) is 32.0. The Balaban J connectivity index is 1.60. The Morgan fingerprint density at radius 1 is 1.19 bits per heavy atom. The van der Waals surface area contributed by atoms with Crippen LogP contribution in [0.15, 0.2) is 36.5 Å². The Labute approximate surface area is 185 Å². The van der Waals surface area contributed by atoms with Crippen LogP contribution in [-0.4, -0.2) is 57.8 Å². The van der Waals surface area contributed by atoms with Crippen molar-refractivity contribution in [2.75, 3.05) is 37.6 Å². The molecule has 2 aliphatic rings. The molecule has 32 heavy (non-hydrogen) atoms. The number of hydrogen-bond donors (Lipinski definition) is 1. The summed E-state index contributed by atoms with van der Waals surface area (Å²) in [6, 6.07) is 9.32. The van der Waals surface area contributed by atoms with Gasteiger partial charge in [0.2, 0.25) is 5.91 Å². The molecule has 0 saturated carbocycles. The molecule has 1 N–H and O–H groups in total. The molecule has 0 bridgehead atoms. The summed E-state index contributed by atoms with van der Waals surface area (Å²) in [6.07, 6.45) is 3.45. The number of anilines is 1. The monoisotopic (exact) mass is 434 g/mol. The third kappa shape index (κ3) is 3.74. The molecule has 0 aliphatic carbocycles. The summed E-state index contributed by atoms with van der Waals surface area (Å²) < 4.78 is 1.86. The zero-order valence-electron chi connectivity index (χ0n) is 18.1. The van der Waals surface area contributed by atoms with Gasteiger partial charge in [-0.3, -0.25) is 24.2 Å². The fourth-order valence-corrected chi connectivity index (χ4v) is 4.72. The van der Waals surface area contributed by atoms with Crippen LogP contribution >= 0.6 is 0 Å². The van der Waals surface area contributed by atoms with E-state index in [0.717, 1.165) is 67.2 Å². The summed E-state index contributed by atoms with van der Waals surface area (Å²) >= 11 is 0. The molecule has 3 aromatic rings. The normalized spacial score (nSPS) is 16.8. The topological polar surface area (TPSA) is 96.0 Å². The number of pyridine rings is 1. The molecule has 1 aromatic carbocycles. The van der Waals surface area contributed by atoms with E-state index in [1.807, 2.05) is 16.5 Å². The van der Waals surface area contributed by atoms with Gasteiger partial charge in [0, 0.05) is 50.4 Å². The minimum absolute atomic E-state index is 0.0475. The highest BCUT2D eigenvalue weighted by Gasteiger charge is 2.25. The number of imidazole rings is 1. The number of aromatic nitrogens is 2. The van der Waals surface area contributed by atoms with Crippen molar-refractivity contribution >= 4 is 22.9 Å². The SMILES string of the molecule is CC(=O)N1CCc2cc(-c3nc4ccc([N+](=O)[O-])cn4c3CN3CCCNCC3)ccc21. The van der Waals surface area contributed by atoms with Crippen molar-refractivity contribution in [1.82, 2.24) is 19.6 Å². The second kappa shape index (κ2) is 8.33. The molecule has 2 aliphatic heterocycles. The molecule has 0 unspecified atom stereocenters. The van der Waals surface area contributed by atoms with Gasteiger partial charge in [-0.2, -0.15) is 0 Å². The zero-order valence-corrected chi connectivity index (χ0v) is 18.1. The van der Waals surface area contributed by atoms with Crippen LogP contribution in [0.2, 0.25) is 0 Å². The number of nitrogens with one attached hydrogen (secondary N) is 1. The van der Waals surface area contributed by atoms with Crippen LogP contribution in [-0.2, 0) is 17.8 Å². The predicted octanol–water partition coefficient (Wildman–Crippen LogP) is 2.61. The molecule has 1 fully saturated rings. The molecule has 166 valence electrons. The van der Waals surface area contributed by atoms with Crippen molar-refractivity contribution in [3.8, 4) is 11.3 Å². The molecule has 0 atom stereocenters. The molecule has 4 heterocycles. The van der Waals surface area contributed by atoms with E-state index in [9.17, 15) is 14.9 Å². The second-order valence-corrected chi connectivity index (χ2v) is 8.42. The van der Waals surface area contributed by atoms with Crippen LogP contribution < -0.4 is 10.2 Å². The lowest BCUT2D eigenvalue weighted by Crippen LogP contribution is -2.28. The molecule has 5 rings (SSSR count). The smallest absolute Gasteiger partial charge is 0.286 e. The predicted molar refractivity (Wildman–Crippen MR) is 122 cm³/mol. The van der Waals surface area contributed by atoms with E-state index in [4.69, 9.17) is 4.98 Å². The highest BCUT2D eigenvalue weighted by Crippen LogP contribution is 2.34. The van der Waals surface area contributed by atoms with Gasteiger partial charge in [0.1, 0.15) is 5.65 Å². The van der Waals surface area contributed by atoms with E-state index in [1.54, 1.807) is 24.1 Å². The third-order valence-corrected chi connectivity index (χ3v) is 6.35. The minimum atomic E-state index is -0.371. The van der Waals surface area contributed by atoms with Crippen molar-refractivity contribution < 1.29 is 9.72 Å². The highest BCUT2D eigenvalue weighted by molar-refractivity contribution is 5.94. The van der Waals surface area contributed by atoms with E-state index in [-0.39, 0.29) is 16.5 Å². The number of hydrogen-bond acceptors (Lipinski definition) is 6. The summed E-state index contributed by atoms with van der Waals surface area (Å²) in [6.45, 7) is 6.75. The Bertz CT molecular complexity index is 1200. The van der Waals surface area contributed by atoms with Gasteiger partial charge in [0.25, 0.3) is 5.69 Å². The van der Waals surface area contributed by atoms with Gasteiger partial charge in [-0.05, 0) is 49.7 Å². The van der Waals surface area contributed by atoms with Crippen molar-refractivity contribution in [3.63, 3.8) is 0 Å². The van der Waals surface area contributed by atoms with Crippen LogP contribution in [0, 0.1) is 10.1 Å². The summed E-state index contributed by atoms with van der Waals surface area (Å²) in [5, 5.41) is 14.8. The lowest BCUT2D eigenvalue weighted by molar-refractivity contribution is -0.385. The second-order valence-electron chi connectivity index (χ2n) is 8.42. The van der Waals surface area contributed by atoms with Gasteiger partial charge in [-0.15, -0.1) is 0 Å². The van der Waals surface area contributed by atoms with Crippen LogP contribution in [0.4, 0.5) is 11.4 Å². The molecule has 0 radical (unpaired) electrons. The van der Waals surface area contributed by atoms with Crippen molar-refractivity contribution in [1.29, 1.82) is 0 Å². The van der Waals surface area contributed by atoms with Crippen LogP contribution in [0.1, 0.15) is 24.6 Å². The van der Waals surface area contributed by atoms with Gasteiger partial charge < -0.3 is 10.2 Å². The van der Waals surface area contributed by atoms with Gasteiger partial charge in [0.05, 0.1) is 22.5 Å². The molecular weight excluding hydrogens is 408 g/mol. The van der Waals surface area contributed by atoms with E-state index >= 15 is 0 Å². The molecule has 1 saturated heterocycles. The number of rotatable bonds is 4. The first-order valence-electron chi connectivity index (χ1n) is 11.0. The Morgan fingerprint density at radius 3 is 2.88 bits per heavy atom. The molecule has 9 heteroatoms. The van der Waals surface area contributed by atoms with E-state index in [1.165, 1.54) is 6.07 Å². The number of fused-ring (bicyclic) bond motifs is 2. The summed E-state index contributed by atoms with van der Waals surface area (Å²) in [5.41, 5.74) is 5.60. The van der Waals surface area contributed by atoms with Gasteiger partial charge in [-0.25, -0.2) is 4.98 Å². The number of carbonyl (C=O) groups excluding carboxylic acids is 1. The molecule has 2 aromatic heterocycles. The number of carbonyl (C=O) groups is 1. The molecule has 1 amide bonds. The van der Waals surface area contributed by atoms with E-state index < -0.39 is 0 Å². The standard InChI is InChI=1S/C23H26N6O3/c1-16(30)27-11-7-17-13-18(3-5-20(17)27)23-21(15-26-10-2-8-24-9-12-26)28-14-19(29(31)32)4-6-22(28)25-23/h3-6,13-14,24H,2,7-12,15H2,1H3. The van der Waals surface area contributed by atoms with Gasteiger partial charge in [0.15, 0.2) is 0 Å². The Hall–Kier alpha value is -3.30. The number of amides is 1. The van der Waals surface area contributed by atoms with Crippen molar-refractivity contribution in [2.45, 2.75) is 26.3 Å².